The number of hydrogen-bond acceptors (Lipinski definition) is 4. The smallest absolute Gasteiger partial charge is 0.164 e. The predicted octanol–water partition coefficient (Wildman–Crippen LogP) is 12.9. The van der Waals surface area contributed by atoms with E-state index in [-0.39, 0.29) is 17.6 Å². The second-order valence-electron chi connectivity index (χ2n) is 13.6. The third-order valence-corrected chi connectivity index (χ3v) is 9.94. The first kappa shape index (κ1) is 28.7. The number of benzene rings is 7. The molecule has 0 aliphatic rings. The van der Waals surface area contributed by atoms with Gasteiger partial charge in [0.25, 0.3) is 0 Å². The van der Waals surface area contributed by atoms with Gasteiger partial charge in [-0.25, -0.2) is 19.9 Å². The number of rotatable bonds is 8. The van der Waals surface area contributed by atoms with Gasteiger partial charge in [-0.05, 0) is 69.8 Å². The van der Waals surface area contributed by atoms with Crippen LogP contribution in [0.3, 0.4) is 0 Å². The topological polar surface area (TPSA) is 56.0 Å². The molecule has 268 valence electrons. The molecule has 10 aromatic rings. The van der Waals surface area contributed by atoms with Crippen molar-refractivity contribution in [1.29, 1.82) is 0 Å². The average molecular weight is 735 g/mol. The lowest BCUT2D eigenvalue weighted by molar-refractivity contribution is 1.07. The monoisotopic (exact) mass is 734 g/mol. The molecule has 3 aromatic heterocycles. The maximum Gasteiger partial charge on any atom is 0.164 e. The van der Waals surface area contributed by atoms with E-state index in [9.17, 15) is 0 Å². The molecular formula is C52H35N5. The zero-order valence-corrected chi connectivity index (χ0v) is 30.6. The van der Waals surface area contributed by atoms with Crippen molar-refractivity contribution in [3.8, 4) is 90.1 Å². The number of imidazole rings is 1. The SMILES string of the molecule is [2H]c1c([2H])c([2H])c(-c2cc(-c3cccc(-c4c(-c5ccccc5)nc5ccccn45)c3)cc(-c3nc(-c4ccccc4)nc(-c4ccc(-c5ccccc5)cc4)n3)c2)c([2H])c1[2H]. The summed E-state index contributed by atoms with van der Waals surface area (Å²) in [6.45, 7) is 0. The third kappa shape index (κ3) is 6.79. The standard InChI is InChI=1S/C52H35N5/c1-5-16-36(17-6-1)38-27-29-41(30-28-38)51-54-50(40-22-11-4-12-23-40)55-52(56-51)46-34-44(37-18-7-2-8-19-37)33-45(35-46)42-24-15-25-43(32-42)49-48(39-20-9-3-10-21-39)53-47-26-13-14-31-57(47)49/h1-35H/i2D,7D,8D,18D,19D. The van der Waals surface area contributed by atoms with Crippen molar-refractivity contribution in [2.75, 3.05) is 0 Å². The molecular weight excluding hydrogens is 695 g/mol. The van der Waals surface area contributed by atoms with Crippen LogP contribution in [0.5, 0.6) is 0 Å². The van der Waals surface area contributed by atoms with Crippen molar-refractivity contribution in [1.82, 2.24) is 24.3 Å². The van der Waals surface area contributed by atoms with E-state index in [1.54, 1.807) is 6.07 Å². The molecule has 0 amide bonds. The summed E-state index contributed by atoms with van der Waals surface area (Å²) in [5, 5.41) is 0. The van der Waals surface area contributed by atoms with Crippen molar-refractivity contribution >= 4 is 5.65 Å². The molecule has 0 radical (unpaired) electrons. The largest absolute Gasteiger partial charge is 0.299 e. The van der Waals surface area contributed by atoms with Crippen LogP contribution in [0.4, 0.5) is 0 Å². The first-order chi connectivity index (χ1) is 30.3. The zero-order valence-electron chi connectivity index (χ0n) is 35.6. The van der Waals surface area contributed by atoms with Gasteiger partial charge >= 0.3 is 0 Å². The summed E-state index contributed by atoms with van der Waals surface area (Å²) < 4.78 is 45.5. The van der Waals surface area contributed by atoms with Crippen LogP contribution in [-0.4, -0.2) is 24.3 Å². The summed E-state index contributed by atoms with van der Waals surface area (Å²) in [6.07, 6.45) is 2.01. The summed E-state index contributed by atoms with van der Waals surface area (Å²) in [4.78, 5) is 20.1. The summed E-state index contributed by atoms with van der Waals surface area (Å²) in [5.74, 6) is 1.29. The first-order valence-corrected chi connectivity index (χ1v) is 18.6. The molecule has 0 atom stereocenters. The summed E-state index contributed by atoms with van der Waals surface area (Å²) >= 11 is 0. The van der Waals surface area contributed by atoms with E-state index in [1.807, 2.05) is 140 Å². The maximum absolute atomic E-state index is 8.98. The molecule has 0 aliphatic heterocycles. The Hall–Kier alpha value is -7.76. The highest BCUT2D eigenvalue weighted by molar-refractivity contribution is 5.86. The van der Waals surface area contributed by atoms with Gasteiger partial charge in [-0.2, -0.15) is 0 Å². The Morgan fingerprint density at radius 3 is 1.49 bits per heavy atom. The lowest BCUT2D eigenvalue weighted by Gasteiger charge is -2.13. The lowest BCUT2D eigenvalue weighted by Crippen LogP contribution is -2.00. The van der Waals surface area contributed by atoms with Crippen LogP contribution >= 0.6 is 0 Å². The fraction of sp³-hybridized carbons (Fsp3) is 0. The number of pyridine rings is 1. The average Bonchev–Trinajstić information content (AvgIpc) is 3.73. The van der Waals surface area contributed by atoms with Crippen LogP contribution in [0.1, 0.15) is 6.85 Å². The minimum Gasteiger partial charge on any atom is -0.299 e. The summed E-state index contributed by atoms with van der Waals surface area (Å²) in [5.41, 5.74) is 10.9. The van der Waals surface area contributed by atoms with E-state index in [0.29, 0.717) is 28.6 Å². The number of nitrogens with zero attached hydrogens (tertiary/aromatic N) is 5. The Balaban J connectivity index is 1.19. The van der Waals surface area contributed by atoms with Gasteiger partial charge in [-0.1, -0.05) is 170 Å². The maximum atomic E-state index is 8.98. The van der Waals surface area contributed by atoms with E-state index in [1.165, 1.54) is 0 Å². The van der Waals surface area contributed by atoms with Gasteiger partial charge in [0, 0.05) is 34.0 Å². The number of hydrogen-bond donors (Lipinski definition) is 0. The Morgan fingerprint density at radius 2 is 0.807 bits per heavy atom. The van der Waals surface area contributed by atoms with Crippen LogP contribution < -0.4 is 0 Å². The van der Waals surface area contributed by atoms with Crippen molar-refractivity contribution in [3.63, 3.8) is 0 Å². The first-order valence-electron chi connectivity index (χ1n) is 21.1. The second kappa shape index (κ2) is 14.8. The summed E-state index contributed by atoms with van der Waals surface area (Å²) in [6, 6.07) is 55.9. The molecule has 0 aliphatic carbocycles. The lowest BCUT2D eigenvalue weighted by atomic mass is 9.94. The van der Waals surface area contributed by atoms with Crippen molar-refractivity contribution in [2.24, 2.45) is 0 Å². The van der Waals surface area contributed by atoms with Crippen molar-refractivity contribution < 1.29 is 6.85 Å². The van der Waals surface area contributed by atoms with E-state index in [4.69, 9.17) is 26.8 Å². The van der Waals surface area contributed by atoms with Gasteiger partial charge < -0.3 is 0 Å². The van der Waals surface area contributed by atoms with Gasteiger partial charge in [0.05, 0.1) is 18.2 Å². The molecule has 7 aromatic carbocycles. The van der Waals surface area contributed by atoms with E-state index < -0.39 is 18.1 Å². The molecule has 0 saturated heterocycles. The van der Waals surface area contributed by atoms with Gasteiger partial charge in [0.15, 0.2) is 17.5 Å². The zero-order chi connectivity index (χ0) is 42.3. The molecule has 0 N–H and O–H groups in total. The Kier molecular flexibility index (Phi) is 7.45. The van der Waals surface area contributed by atoms with Gasteiger partial charge in [-0.15, -0.1) is 0 Å². The number of aromatic nitrogens is 5. The van der Waals surface area contributed by atoms with Crippen LogP contribution in [0.25, 0.3) is 95.7 Å². The molecule has 0 saturated carbocycles. The van der Waals surface area contributed by atoms with Crippen LogP contribution in [0.15, 0.2) is 212 Å². The quantitative estimate of drug-likeness (QED) is 0.156. The Bertz CT molecular complexity index is 3250. The van der Waals surface area contributed by atoms with Crippen LogP contribution in [0.2, 0.25) is 0 Å². The van der Waals surface area contributed by atoms with Gasteiger partial charge in [-0.3, -0.25) is 4.40 Å². The van der Waals surface area contributed by atoms with Crippen molar-refractivity contribution in [2.45, 2.75) is 0 Å². The highest BCUT2D eigenvalue weighted by Crippen LogP contribution is 2.38. The van der Waals surface area contributed by atoms with E-state index in [0.717, 1.165) is 61.5 Å². The van der Waals surface area contributed by atoms with Crippen LogP contribution in [-0.2, 0) is 0 Å². The van der Waals surface area contributed by atoms with E-state index >= 15 is 0 Å². The fourth-order valence-electron chi connectivity index (χ4n) is 7.17. The molecule has 3 heterocycles. The molecule has 57 heavy (non-hydrogen) atoms. The molecule has 5 nitrogen and oxygen atoms in total. The minimum atomic E-state index is -0.456. The molecule has 0 unspecified atom stereocenters. The minimum absolute atomic E-state index is 0.0810. The third-order valence-electron chi connectivity index (χ3n) is 9.94. The summed E-state index contributed by atoms with van der Waals surface area (Å²) in [7, 11) is 0. The second-order valence-corrected chi connectivity index (χ2v) is 13.6. The predicted molar refractivity (Wildman–Crippen MR) is 232 cm³/mol. The van der Waals surface area contributed by atoms with Gasteiger partial charge in [0.2, 0.25) is 0 Å². The van der Waals surface area contributed by atoms with Crippen molar-refractivity contribution in [3.05, 3.63) is 212 Å². The Labute approximate surface area is 338 Å². The normalized spacial score (nSPS) is 12.4. The molecule has 0 bridgehead atoms. The molecule has 0 fully saturated rings. The number of fused-ring (bicyclic) bond motifs is 1. The highest BCUT2D eigenvalue weighted by Gasteiger charge is 2.18. The molecule has 5 heteroatoms. The van der Waals surface area contributed by atoms with Crippen LogP contribution in [0, 0.1) is 0 Å². The highest BCUT2D eigenvalue weighted by atomic mass is 15.0. The molecule has 10 rings (SSSR count). The fourth-order valence-corrected chi connectivity index (χ4v) is 7.17. The Morgan fingerprint density at radius 1 is 0.333 bits per heavy atom. The van der Waals surface area contributed by atoms with Gasteiger partial charge in [0.1, 0.15) is 5.65 Å². The molecule has 0 spiro atoms. The van der Waals surface area contributed by atoms with E-state index in [2.05, 4.69) is 40.8 Å².